The van der Waals surface area contributed by atoms with Crippen LogP contribution in [0.4, 0.5) is 5.13 Å². The van der Waals surface area contributed by atoms with E-state index in [2.05, 4.69) is 10.3 Å². The van der Waals surface area contributed by atoms with Crippen LogP contribution in [0, 0.1) is 13.8 Å². The number of rotatable bonds is 4. The first-order chi connectivity index (χ1) is 12.6. The Morgan fingerprint density at radius 2 is 1.81 bits per heavy atom. The van der Waals surface area contributed by atoms with Gasteiger partial charge in [0.15, 0.2) is 5.13 Å². The van der Waals surface area contributed by atoms with E-state index < -0.39 is 15.9 Å². The minimum absolute atomic E-state index is 0.00182. The van der Waals surface area contributed by atoms with E-state index >= 15 is 0 Å². The van der Waals surface area contributed by atoms with Gasteiger partial charge in [-0.3, -0.25) is 10.1 Å². The molecule has 6 nitrogen and oxygen atoms in total. The molecule has 0 atom stereocenters. The Bertz CT molecular complexity index is 1120. The fraction of sp³-hybridized carbons (Fsp3) is 0.222. The number of nitrogens with zero attached hydrogens (tertiary/aromatic N) is 2. The highest BCUT2D eigenvalue weighted by Crippen LogP contribution is 2.31. The smallest absolute Gasteiger partial charge is 0.259 e. The van der Waals surface area contributed by atoms with Crippen molar-refractivity contribution in [2.45, 2.75) is 18.7 Å². The highest BCUT2D eigenvalue weighted by molar-refractivity contribution is 7.89. The SMILES string of the molecule is Cc1ccc(C)c2sc(NC(=O)c3cc(S(=O)(=O)N(C)C)ccc3Cl)nc12. The summed E-state index contributed by atoms with van der Waals surface area (Å²) in [5.41, 5.74) is 3.01. The summed E-state index contributed by atoms with van der Waals surface area (Å²) in [7, 11) is -0.820. The van der Waals surface area contributed by atoms with Crippen LogP contribution in [0.1, 0.15) is 21.5 Å². The van der Waals surface area contributed by atoms with Gasteiger partial charge in [-0.1, -0.05) is 35.1 Å². The maximum absolute atomic E-state index is 12.7. The van der Waals surface area contributed by atoms with E-state index in [-0.39, 0.29) is 15.5 Å². The molecular formula is C18H18ClN3O3S2. The minimum Gasteiger partial charge on any atom is -0.298 e. The molecule has 9 heteroatoms. The van der Waals surface area contributed by atoms with Crippen molar-refractivity contribution in [3.8, 4) is 0 Å². The van der Waals surface area contributed by atoms with E-state index in [9.17, 15) is 13.2 Å². The Balaban J connectivity index is 1.97. The molecule has 0 aliphatic heterocycles. The summed E-state index contributed by atoms with van der Waals surface area (Å²) in [6, 6.07) is 8.04. The number of thiazole rings is 1. The highest BCUT2D eigenvalue weighted by atomic mass is 35.5. The Kier molecular flexibility index (Phi) is 5.27. The maximum atomic E-state index is 12.7. The number of fused-ring (bicyclic) bond motifs is 1. The van der Waals surface area contributed by atoms with Gasteiger partial charge in [0.25, 0.3) is 5.91 Å². The molecule has 0 radical (unpaired) electrons. The molecule has 0 spiro atoms. The zero-order valence-electron chi connectivity index (χ0n) is 15.2. The number of amides is 1. The molecule has 1 aromatic heterocycles. The average molecular weight is 424 g/mol. The summed E-state index contributed by atoms with van der Waals surface area (Å²) >= 11 is 7.50. The van der Waals surface area contributed by atoms with Gasteiger partial charge in [0.2, 0.25) is 10.0 Å². The zero-order valence-corrected chi connectivity index (χ0v) is 17.6. The molecule has 0 aliphatic rings. The van der Waals surface area contributed by atoms with Crippen molar-refractivity contribution < 1.29 is 13.2 Å². The van der Waals surface area contributed by atoms with Crippen LogP contribution < -0.4 is 5.32 Å². The number of nitrogens with one attached hydrogen (secondary N) is 1. The summed E-state index contributed by atoms with van der Waals surface area (Å²) < 4.78 is 26.7. The third kappa shape index (κ3) is 3.70. The van der Waals surface area contributed by atoms with E-state index in [1.165, 1.54) is 43.6 Å². The van der Waals surface area contributed by atoms with Gasteiger partial charge in [-0.2, -0.15) is 0 Å². The first-order valence-electron chi connectivity index (χ1n) is 8.01. The normalized spacial score (nSPS) is 11.9. The van der Waals surface area contributed by atoms with Gasteiger partial charge >= 0.3 is 0 Å². The van der Waals surface area contributed by atoms with Crippen LogP contribution in [0.25, 0.3) is 10.2 Å². The van der Waals surface area contributed by atoms with Crippen molar-refractivity contribution in [1.29, 1.82) is 0 Å². The number of sulfonamides is 1. The average Bonchev–Trinajstić information content (AvgIpc) is 3.03. The second-order valence-electron chi connectivity index (χ2n) is 6.28. The first-order valence-corrected chi connectivity index (χ1v) is 10.6. The number of hydrogen-bond acceptors (Lipinski definition) is 5. The van der Waals surface area contributed by atoms with Crippen LogP contribution in [0.2, 0.25) is 5.02 Å². The van der Waals surface area contributed by atoms with Crippen molar-refractivity contribution in [3.05, 3.63) is 52.0 Å². The number of halogens is 1. The molecule has 142 valence electrons. The molecular weight excluding hydrogens is 406 g/mol. The van der Waals surface area contributed by atoms with Crippen molar-refractivity contribution in [1.82, 2.24) is 9.29 Å². The maximum Gasteiger partial charge on any atom is 0.259 e. The monoisotopic (exact) mass is 423 g/mol. The summed E-state index contributed by atoms with van der Waals surface area (Å²) in [6.45, 7) is 3.94. The van der Waals surface area contributed by atoms with E-state index in [4.69, 9.17) is 11.6 Å². The predicted octanol–water partition coefficient (Wildman–Crippen LogP) is 4.07. The lowest BCUT2D eigenvalue weighted by molar-refractivity contribution is 0.102. The molecule has 27 heavy (non-hydrogen) atoms. The van der Waals surface area contributed by atoms with Crippen LogP contribution >= 0.6 is 22.9 Å². The summed E-state index contributed by atoms with van der Waals surface area (Å²) in [6.07, 6.45) is 0. The molecule has 3 aromatic rings. The van der Waals surface area contributed by atoms with Gasteiger partial charge in [-0.25, -0.2) is 17.7 Å². The van der Waals surface area contributed by atoms with Gasteiger partial charge in [0, 0.05) is 14.1 Å². The summed E-state index contributed by atoms with van der Waals surface area (Å²) in [5.74, 6) is -0.509. The Morgan fingerprint density at radius 1 is 1.15 bits per heavy atom. The molecule has 3 rings (SSSR count). The van der Waals surface area contributed by atoms with Gasteiger partial charge in [0.05, 0.1) is 25.7 Å². The van der Waals surface area contributed by atoms with E-state index in [0.717, 1.165) is 25.6 Å². The number of hydrogen-bond donors (Lipinski definition) is 1. The van der Waals surface area contributed by atoms with Gasteiger partial charge in [-0.15, -0.1) is 0 Å². The molecule has 1 N–H and O–H groups in total. The number of benzene rings is 2. The standard InChI is InChI=1S/C18H18ClN3O3S2/c1-10-5-6-11(2)16-15(10)20-18(26-16)21-17(23)13-9-12(7-8-14(13)19)27(24,25)22(3)4/h5-9H,1-4H3,(H,20,21,23). The predicted molar refractivity (Wildman–Crippen MR) is 109 cm³/mol. The fourth-order valence-corrected chi connectivity index (χ4v) is 4.67. The summed E-state index contributed by atoms with van der Waals surface area (Å²) in [4.78, 5) is 17.2. The zero-order chi connectivity index (χ0) is 19.9. The van der Waals surface area contributed by atoms with Crippen LogP contribution in [0.5, 0.6) is 0 Å². The fourth-order valence-electron chi connectivity index (χ4n) is 2.53. The quantitative estimate of drug-likeness (QED) is 0.686. The van der Waals surface area contributed by atoms with Crippen molar-refractivity contribution >= 4 is 54.2 Å². The van der Waals surface area contributed by atoms with Crippen molar-refractivity contribution in [3.63, 3.8) is 0 Å². The molecule has 2 aromatic carbocycles. The lowest BCUT2D eigenvalue weighted by Gasteiger charge is -2.13. The molecule has 0 saturated heterocycles. The molecule has 0 fully saturated rings. The highest BCUT2D eigenvalue weighted by Gasteiger charge is 2.21. The van der Waals surface area contributed by atoms with E-state index in [1.807, 2.05) is 26.0 Å². The van der Waals surface area contributed by atoms with Crippen molar-refractivity contribution in [2.75, 3.05) is 19.4 Å². The Hall–Kier alpha value is -2.00. The molecule has 0 bridgehead atoms. The second-order valence-corrected chi connectivity index (χ2v) is 9.84. The largest absolute Gasteiger partial charge is 0.298 e. The second kappa shape index (κ2) is 7.20. The number of carbonyl (C=O) groups excluding carboxylic acids is 1. The van der Waals surface area contributed by atoms with Crippen LogP contribution in [0.3, 0.4) is 0 Å². The molecule has 0 saturated carbocycles. The Labute approximate surface area is 166 Å². The van der Waals surface area contributed by atoms with Crippen LogP contribution in [0.15, 0.2) is 35.2 Å². The van der Waals surface area contributed by atoms with E-state index in [1.54, 1.807) is 0 Å². The molecule has 1 heterocycles. The number of aromatic nitrogens is 1. The third-order valence-electron chi connectivity index (χ3n) is 4.12. The lowest BCUT2D eigenvalue weighted by atomic mass is 10.1. The molecule has 1 amide bonds. The first kappa shape index (κ1) is 19.8. The van der Waals surface area contributed by atoms with Crippen molar-refractivity contribution in [2.24, 2.45) is 0 Å². The molecule has 0 unspecified atom stereocenters. The topological polar surface area (TPSA) is 79.4 Å². The van der Waals surface area contributed by atoms with Gasteiger partial charge in [0.1, 0.15) is 0 Å². The Morgan fingerprint density at radius 3 is 2.44 bits per heavy atom. The molecule has 0 aliphatic carbocycles. The number of aryl methyl sites for hydroxylation is 2. The minimum atomic E-state index is -3.67. The van der Waals surface area contributed by atoms with Crippen LogP contribution in [-0.4, -0.2) is 37.7 Å². The van der Waals surface area contributed by atoms with Gasteiger partial charge < -0.3 is 0 Å². The summed E-state index contributed by atoms with van der Waals surface area (Å²) in [5, 5.41) is 3.33. The van der Waals surface area contributed by atoms with Crippen LogP contribution in [-0.2, 0) is 10.0 Å². The van der Waals surface area contributed by atoms with Gasteiger partial charge in [-0.05, 0) is 43.2 Å². The number of carbonyl (C=O) groups is 1. The number of anilines is 1. The third-order valence-corrected chi connectivity index (χ3v) is 7.37. The van der Waals surface area contributed by atoms with E-state index in [0.29, 0.717) is 5.13 Å². The lowest BCUT2D eigenvalue weighted by Crippen LogP contribution is -2.23.